The van der Waals surface area contributed by atoms with Gasteiger partial charge >= 0.3 is 0 Å². The van der Waals surface area contributed by atoms with E-state index in [1.165, 1.54) is 0 Å². The number of nitrogens with zero attached hydrogens (tertiary/aromatic N) is 2. The Kier molecular flexibility index (Phi) is 6.44. The van der Waals surface area contributed by atoms with Crippen LogP contribution in [0.25, 0.3) is 10.8 Å². The summed E-state index contributed by atoms with van der Waals surface area (Å²) in [6, 6.07) is 13.7. The highest BCUT2D eigenvalue weighted by Crippen LogP contribution is 2.32. The molecule has 2 aromatic carbocycles. The number of ether oxygens (including phenoxy) is 1. The molecule has 1 aliphatic heterocycles. The molecule has 5 nitrogen and oxygen atoms in total. The van der Waals surface area contributed by atoms with Gasteiger partial charge in [0.05, 0.1) is 30.9 Å². The lowest BCUT2D eigenvalue weighted by molar-refractivity contribution is -0.0375. The Balaban J connectivity index is 1.79. The Morgan fingerprint density at radius 2 is 1.87 bits per heavy atom. The molecule has 0 spiro atoms. The highest BCUT2D eigenvalue weighted by molar-refractivity contribution is 6.30. The molecule has 1 N–H and O–H groups in total. The Morgan fingerprint density at radius 3 is 2.55 bits per heavy atom. The van der Waals surface area contributed by atoms with Crippen molar-refractivity contribution in [2.75, 3.05) is 18.5 Å². The minimum atomic E-state index is 0.0307. The van der Waals surface area contributed by atoms with Crippen molar-refractivity contribution in [3.8, 4) is 0 Å². The van der Waals surface area contributed by atoms with E-state index in [1.807, 2.05) is 54.3 Å². The van der Waals surface area contributed by atoms with Crippen LogP contribution in [0, 0.1) is 6.92 Å². The van der Waals surface area contributed by atoms with Crippen molar-refractivity contribution >= 4 is 39.8 Å². The van der Waals surface area contributed by atoms with Crippen LogP contribution in [0.3, 0.4) is 0 Å². The van der Waals surface area contributed by atoms with E-state index < -0.39 is 0 Å². The zero-order chi connectivity index (χ0) is 22.0. The Morgan fingerprint density at radius 1 is 1.16 bits per heavy atom. The first-order chi connectivity index (χ1) is 15.0. The number of carbonyl (C=O) groups is 1. The van der Waals surface area contributed by atoms with Crippen molar-refractivity contribution in [1.82, 2.24) is 9.88 Å². The Hall–Kier alpha value is -2.63. The highest BCUT2D eigenvalue weighted by Gasteiger charge is 2.34. The summed E-state index contributed by atoms with van der Waals surface area (Å²) in [4.78, 5) is 20.5. The summed E-state index contributed by atoms with van der Waals surface area (Å²) in [5, 5.41) is 5.86. The van der Waals surface area contributed by atoms with Gasteiger partial charge in [0.15, 0.2) is 0 Å². The van der Waals surface area contributed by atoms with Crippen molar-refractivity contribution in [2.24, 2.45) is 0 Å². The molecule has 2 heterocycles. The number of pyridine rings is 1. The van der Waals surface area contributed by atoms with E-state index in [4.69, 9.17) is 16.3 Å². The monoisotopic (exact) mass is 437 g/mol. The number of benzene rings is 2. The summed E-state index contributed by atoms with van der Waals surface area (Å²) in [6.07, 6.45) is 3.43. The number of anilines is 2. The molecular formula is C25H28ClN3O2. The van der Waals surface area contributed by atoms with Gasteiger partial charge in [0.1, 0.15) is 5.82 Å². The predicted molar refractivity (Wildman–Crippen MR) is 126 cm³/mol. The third-order valence-electron chi connectivity index (χ3n) is 6.02. The molecule has 31 heavy (non-hydrogen) atoms. The summed E-state index contributed by atoms with van der Waals surface area (Å²) >= 11 is 6.14. The second kappa shape index (κ2) is 9.25. The zero-order valence-electron chi connectivity index (χ0n) is 18.2. The average Bonchev–Trinajstić information content (AvgIpc) is 2.78. The number of rotatable bonds is 5. The molecule has 3 aromatic rings. The van der Waals surface area contributed by atoms with Gasteiger partial charge in [-0.05, 0) is 43.5 Å². The minimum Gasteiger partial charge on any atom is -0.377 e. The number of halogens is 1. The molecule has 162 valence electrons. The second-order valence-electron chi connectivity index (χ2n) is 8.03. The van der Waals surface area contributed by atoms with E-state index in [9.17, 15) is 4.79 Å². The molecule has 6 heteroatoms. The van der Waals surface area contributed by atoms with Gasteiger partial charge in [-0.15, -0.1) is 0 Å². The molecule has 4 rings (SSSR count). The van der Waals surface area contributed by atoms with Crippen LogP contribution in [-0.2, 0) is 4.74 Å². The van der Waals surface area contributed by atoms with Crippen LogP contribution in [0.2, 0.25) is 5.02 Å². The molecule has 0 radical (unpaired) electrons. The summed E-state index contributed by atoms with van der Waals surface area (Å²) < 4.78 is 5.77. The molecule has 1 aliphatic rings. The maximum atomic E-state index is 13.8. The van der Waals surface area contributed by atoms with E-state index in [0.29, 0.717) is 29.6 Å². The van der Waals surface area contributed by atoms with Gasteiger partial charge < -0.3 is 15.0 Å². The van der Waals surface area contributed by atoms with Gasteiger partial charge in [-0.1, -0.05) is 49.7 Å². The smallest absolute Gasteiger partial charge is 0.256 e. The Labute approximate surface area is 188 Å². The first-order valence-electron chi connectivity index (χ1n) is 10.8. The highest BCUT2D eigenvalue weighted by atomic mass is 35.5. The molecular weight excluding hydrogens is 410 g/mol. The van der Waals surface area contributed by atoms with E-state index >= 15 is 0 Å². The Bertz CT molecular complexity index is 1090. The van der Waals surface area contributed by atoms with Crippen molar-refractivity contribution < 1.29 is 9.53 Å². The van der Waals surface area contributed by atoms with Crippen LogP contribution < -0.4 is 5.32 Å². The molecule has 0 bridgehead atoms. The van der Waals surface area contributed by atoms with Gasteiger partial charge in [0, 0.05) is 27.7 Å². The van der Waals surface area contributed by atoms with Crippen LogP contribution in [0.5, 0.6) is 0 Å². The fraction of sp³-hybridized carbons (Fsp3) is 0.360. The maximum absolute atomic E-state index is 13.8. The minimum absolute atomic E-state index is 0.0307. The number of morpholine rings is 1. The van der Waals surface area contributed by atoms with Gasteiger partial charge in [-0.2, -0.15) is 0 Å². The number of aromatic nitrogens is 1. The SMILES string of the molecule is CCC1COCC(CC)N1C(=O)c1cnc(Nc2cccc(Cl)c2)c2cccc(C)c12. The fourth-order valence-corrected chi connectivity index (χ4v) is 4.54. The molecule has 1 amide bonds. The molecule has 1 aromatic heterocycles. The molecule has 2 unspecified atom stereocenters. The number of fused-ring (bicyclic) bond motifs is 1. The van der Waals surface area contributed by atoms with Crippen LogP contribution >= 0.6 is 11.6 Å². The third kappa shape index (κ3) is 4.25. The maximum Gasteiger partial charge on any atom is 0.256 e. The molecule has 2 atom stereocenters. The first kappa shape index (κ1) is 21.6. The average molecular weight is 438 g/mol. The van der Waals surface area contributed by atoms with E-state index in [-0.39, 0.29) is 18.0 Å². The van der Waals surface area contributed by atoms with Crippen LogP contribution in [0.15, 0.2) is 48.7 Å². The van der Waals surface area contributed by atoms with Crippen LogP contribution in [0.1, 0.15) is 42.6 Å². The van der Waals surface area contributed by atoms with E-state index in [2.05, 4.69) is 24.1 Å². The molecule has 0 saturated carbocycles. The van der Waals surface area contributed by atoms with Gasteiger partial charge in [0.25, 0.3) is 5.91 Å². The molecule has 1 fully saturated rings. The second-order valence-corrected chi connectivity index (χ2v) is 8.46. The predicted octanol–water partition coefficient (Wildman–Crippen LogP) is 5.97. The van der Waals surface area contributed by atoms with Crippen molar-refractivity contribution in [3.63, 3.8) is 0 Å². The zero-order valence-corrected chi connectivity index (χ0v) is 18.9. The van der Waals surface area contributed by atoms with Gasteiger partial charge in [0.2, 0.25) is 0 Å². The van der Waals surface area contributed by atoms with Crippen molar-refractivity contribution in [3.05, 3.63) is 64.8 Å². The lowest BCUT2D eigenvalue weighted by Crippen LogP contribution is -2.54. The first-order valence-corrected chi connectivity index (χ1v) is 11.2. The van der Waals surface area contributed by atoms with E-state index in [0.717, 1.165) is 34.9 Å². The molecule has 1 saturated heterocycles. The topological polar surface area (TPSA) is 54.5 Å². The summed E-state index contributed by atoms with van der Waals surface area (Å²) in [5.74, 6) is 0.738. The summed E-state index contributed by atoms with van der Waals surface area (Å²) in [6.45, 7) is 7.41. The van der Waals surface area contributed by atoms with Crippen LogP contribution in [-0.4, -0.2) is 41.1 Å². The fourth-order valence-electron chi connectivity index (χ4n) is 4.35. The lowest BCUT2D eigenvalue weighted by Gasteiger charge is -2.41. The number of aryl methyl sites for hydroxylation is 1. The van der Waals surface area contributed by atoms with Gasteiger partial charge in [-0.3, -0.25) is 4.79 Å². The standard InChI is InChI=1S/C25H28ClN3O2/c1-4-19-14-31-15-20(5-2)29(19)25(30)22-13-27-24(21-11-6-8-16(3)23(21)22)28-18-10-7-9-17(26)12-18/h6-13,19-20H,4-5,14-15H2,1-3H3,(H,27,28). The summed E-state index contributed by atoms with van der Waals surface area (Å²) in [7, 11) is 0. The summed E-state index contributed by atoms with van der Waals surface area (Å²) in [5.41, 5.74) is 2.54. The normalized spacial score (nSPS) is 18.9. The van der Waals surface area contributed by atoms with Crippen LogP contribution in [0.4, 0.5) is 11.5 Å². The van der Waals surface area contributed by atoms with Gasteiger partial charge in [-0.25, -0.2) is 4.98 Å². The number of hydrogen-bond acceptors (Lipinski definition) is 4. The number of nitrogens with one attached hydrogen (secondary N) is 1. The van der Waals surface area contributed by atoms with Crippen molar-refractivity contribution in [1.29, 1.82) is 0 Å². The number of carbonyl (C=O) groups excluding carboxylic acids is 1. The number of amides is 1. The lowest BCUT2D eigenvalue weighted by atomic mass is 9.98. The van der Waals surface area contributed by atoms with Crippen molar-refractivity contribution in [2.45, 2.75) is 45.7 Å². The number of hydrogen-bond donors (Lipinski definition) is 1. The van der Waals surface area contributed by atoms with E-state index in [1.54, 1.807) is 6.20 Å². The quantitative estimate of drug-likeness (QED) is 0.534. The third-order valence-corrected chi connectivity index (χ3v) is 6.26. The largest absolute Gasteiger partial charge is 0.377 e. The molecule has 0 aliphatic carbocycles.